The Morgan fingerprint density at radius 3 is 2.68 bits per heavy atom. The summed E-state index contributed by atoms with van der Waals surface area (Å²) in [6.07, 6.45) is 10.1. The van der Waals surface area contributed by atoms with Crippen LogP contribution in [-0.2, 0) is 0 Å². The molecule has 0 atom stereocenters. The van der Waals surface area contributed by atoms with Crippen molar-refractivity contribution in [2.75, 3.05) is 5.32 Å². The van der Waals surface area contributed by atoms with Gasteiger partial charge in [0.05, 0.1) is 17.7 Å². The highest BCUT2D eigenvalue weighted by atomic mass is 15.1. The lowest BCUT2D eigenvalue weighted by Gasteiger charge is -2.28. The number of hydrogen-bond donors (Lipinski definition) is 2. The average Bonchev–Trinajstić information content (AvgIpc) is 2.96. The van der Waals surface area contributed by atoms with Gasteiger partial charge in [-0.2, -0.15) is 0 Å². The average molecular weight is 256 g/mol. The van der Waals surface area contributed by atoms with Crippen LogP contribution in [0.3, 0.4) is 0 Å². The number of nitrogens with two attached hydrogens (primary N) is 1. The quantitative estimate of drug-likeness (QED) is 0.887. The lowest BCUT2D eigenvalue weighted by atomic mass is 9.91. The first kappa shape index (κ1) is 12.2. The number of para-hydroxylation sites is 2. The summed E-state index contributed by atoms with van der Waals surface area (Å²) in [5.74, 6) is 0. The fraction of sp³-hybridized carbons (Fsp3) is 0.400. The molecule has 0 spiro atoms. The Kier molecular flexibility index (Phi) is 3.51. The zero-order valence-electron chi connectivity index (χ0n) is 11.0. The van der Waals surface area contributed by atoms with Gasteiger partial charge in [-0.3, -0.25) is 0 Å². The van der Waals surface area contributed by atoms with Crippen LogP contribution in [0.5, 0.6) is 0 Å². The molecule has 0 amide bonds. The van der Waals surface area contributed by atoms with Crippen molar-refractivity contribution in [2.45, 2.75) is 37.8 Å². The maximum Gasteiger partial charge on any atom is 0.0992 e. The largest absolute Gasteiger partial charge is 0.381 e. The van der Waals surface area contributed by atoms with Crippen LogP contribution < -0.4 is 11.1 Å². The summed E-state index contributed by atoms with van der Waals surface area (Å²) < 4.78 is 2.04. The van der Waals surface area contributed by atoms with Gasteiger partial charge < -0.3 is 15.6 Å². The summed E-state index contributed by atoms with van der Waals surface area (Å²) >= 11 is 0. The van der Waals surface area contributed by atoms with E-state index in [0.29, 0.717) is 12.1 Å². The minimum Gasteiger partial charge on any atom is -0.381 e. The minimum atomic E-state index is 0.391. The third kappa shape index (κ3) is 2.79. The highest BCUT2D eigenvalue weighted by Crippen LogP contribution is 2.25. The standard InChI is InChI=1S/C15H20N4/c16-12-5-7-13(8-6-12)18-14-3-1-2-4-15(14)19-10-9-17-11-19/h1-4,9-13,18H,5-8,16H2. The number of rotatable bonds is 3. The van der Waals surface area contributed by atoms with Gasteiger partial charge in [-0.1, -0.05) is 12.1 Å². The summed E-state index contributed by atoms with van der Waals surface area (Å²) in [6.45, 7) is 0. The van der Waals surface area contributed by atoms with E-state index in [9.17, 15) is 0 Å². The van der Waals surface area contributed by atoms with Gasteiger partial charge in [-0.15, -0.1) is 0 Å². The van der Waals surface area contributed by atoms with Gasteiger partial charge in [0, 0.05) is 24.5 Å². The van der Waals surface area contributed by atoms with Gasteiger partial charge in [0.15, 0.2) is 0 Å². The van der Waals surface area contributed by atoms with Crippen LogP contribution in [0.2, 0.25) is 0 Å². The van der Waals surface area contributed by atoms with Crippen LogP contribution in [0.15, 0.2) is 43.0 Å². The Bertz CT molecular complexity index is 513. The first-order chi connectivity index (χ1) is 9.33. The van der Waals surface area contributed by atoms with Crippen LogP contribution in [0.25, 0.3) is 5.69 Å². The molecular weight excluding hydrogens is 236 g/mol. The number of hydrogen-bond acceptors (Lipinski definition) is 3. The highest BCUT2D eigenvalue weighted by molar-refractivity contribution is 5.61. The molecule has 1 aromatic carbocycles. The van der Waals surface area contributed by atoms with Crippen molar-refractivity contribution < 1.29 is 0 Å². The van der Waals surface area contributed by atoms with Crippen molar-refractivity contribution >= 4 is 5.69 Å². The Labute approximate surface area is 113 Å². The molecule has 3 rings (SSSR count). The van der Waals surface area contributed by atoms with Gasteiger partial charge in [0.25, 0.3) is 0 Å². The second-order valence-electron chi connectivity index (χ2n) is 5.24. The molecule has 1 saturated carbocycles. The van der Waals surface area contributed by atoms with E-state index in [1.54, 1.807) is 6.20 Å². The molecular formula is C15H20N4. The molecule has 1 heterocycles. The van der Waals surface area contributed by atoms with Crippen molar-refractivity contribution in [1.29, 1.82) is 0 Å². The van der Waals surface area contributed by atoms with Crippen molar-refractivity contribution in [2.24, 2.45) is 5.73 Å². The molecule has 19 heavy (non-hydrogen) atoms. The predicted octanol–water partition coefficient (Wildman–Crippen LogP) is 2.55. The van der Waals surface area contributed by atoms with E-state index >= 15 is 0 Å². The molecule has 1 aliphatic carbocycles. The maximum absolute atomic E-state index is 5.96. The molecule has 1 aromatic heterocycles. The van der Waals surface area contributed by atoms with E-state index in [2.05, 4.69) is 34.6 Å². The predicted molar refractivity (Wildman–Crippen MR) is 77.4 cm³/mol. The van der Waals surface area contributed by atoms with Crippen LogP contribution in [0.1, 0.15) is 25.7 Å². The lowest BCUT2D eigenvalue weighted by Crippen LogP contribution is -2.33. The Hall–Kier alpha value is -1.81. The van der Waals surface area contributed by atoms with Crippen molar-refractivity contribution in [3.8, 4) is 5.69 Å². The summed E-state index contributed by atoms with van der Waals surface area (Å²) in [5, 5.41) is 3.65. The first-order valence-electron chi connectivity index (χ1n) is 6.92. The van der Waals surface area contributed by atoms with Crippen LogP contribution in [0, 0.1) is 0 Å². The molecule has 3 N–H and O–H groups in total. The molecule has 1 fully saturated rings. The van der Waals surface area contributed by atoms with E-state index < -0.39 is 0 Å². The van der Waals surface area contributed by atoms with Gasteiger partial charge in [-0.05, 0) is 37.8 Å². The molecule has 0 saturated heterocycles. The van der Waals surface area contributed by atoms with Gasteiger partial charge in [0.1, 0.15) is 0 Å². The summed E-state index contributed by atoms with van der Waals surface area (Å²) in [4.78, 5) is 4.12. The topological polar surface area (TPSA) is 55.9 Å². The van der Waals surface area contributed by atoms with Crippen molar-refractivity contribution in [3.05, 3.63) is 43.0 Å². The molecule has 0 unspecified atom stereocenters. The fourth-order valence-electron chi connectivity index (χ4n) is 2.71. The summed E-state index contributed by atoms with van der Waals surface area (Å²) in [7, 11) is 0. The monoisotopic (exact) mass is 256 g/mol. The molecule has 0 bridgehead atoms. The van der Waals surface area contributed by atoms with Crippen LogP contribution >= 0.6 is 0 Å². The summed E-state index contributed by atoms with van der Waals surface area (Å²) in [5.41, 5.74) is 8.27. The summed E-state index contributed by atoms with van der Waals surface area (Å²) in [6, 6.07) is 9.28. The molecule has 4 heteroatoms. The Balaban J connectivity index is 1.78. The number of aromatic nitrogens is 2. The second-order valence-corrected chi connectivity index (χ2v) is 5.24. The molecule has 0 radical (unpaired) electrons. The van der Waals surface area contributed by atoms with Gasteiger partial charge in [-0.25, -0.2) is 4.98 Å². The maximum atomic E-state index is 5.96. The van der Waals surface area contributed by atoms with E-state index in [0.717, 1.165) is 31.4 Å². The number of nitrogens with zero attached hydrogens (tertiary/aromatic N) is 2. The number of anilines is 1. The third-order valence-corrected chi connectivity index (χ3v) is 3.82. The van der Waals surface area contributed by atoms with E-state index in [1.807, 2.05) is 17.1 Å². The van der Waals surface area contributed by atoms with Crippen LogP contribution in [-0.4, -0.2) is 21.6 Å². The normalized spacial score (nSPS) is 23.2. The zero-order valence-corrected chi connectivity index (χ0v) is 11.0. The number of benzene rings is 1. The minimum absolute atomic E-state index is 0.391. The van der Waals surface area contributed by atoms with Crippen molar-refractivity contribution in [1.82, 2.24) is 9.55 Å². The van der Waals surface area contributed by atoms with E-state index in [1.165, 1.54) is 5.69 Å². The zero-order chi connectivity index (χ0) is 13.1. The highest BCUT2D eigenvalue weighted by Gasteiger charge is 2.19. The van der Waals surface area contributed by atoms with Crippen LogP contribution in [0.4, 0.5) is 5.69 Å². The molecule has 0 aliphatic heterocycles. The van der Waals surface area contributed by atoms with E-state index in [-0.39, 0.29) is 0 Å². The molecule has 1 aliphatic rings. The first-order valence-corrected chi connectivity index (χ1v) is 6.92. The lowest BCUT2D eigenvalue weighted by molar-refractivity contribution is 0.411. The fourth-order valence-corrected chi connectivity index (χ4v) is 2.71. The van der Waals surface area contributed by atoms with Gasteiger partial charge in [0.2, 0.25) is 0 Å². The Morgan fingerprint density at radius 1 is 1.16 bits per heavy atom. The third-order valence-electron chi connectivity index (χ3n) is 3.82. The van der Waals surface area contributed by atoms with Crippen molar-refractivity contribution in [3.63, 3.8) is 0 Å². The second kappa shape index (κ2) is 5.45. The SMILES string of the molecule is NC1CCC(Nc2ccccc2-n2ccnc2)CC1. The molecule has 2 aromatic rings. The number of imidazole rings is 1. The number of nitrogens with one attached hydrogen (secondary N) is 1. The van der Waals surface area contributed by atoms with E-state index in [4.69, 9.17) is 5.73 Å². The molecule has 4 nitrogen and oxygen atoms in total. The van der Waals surface area contributed by atoms with Gasteiger partial charge >= 0.3 is 0 Å². The Morgan fingerprint density at radius 2 is 1.95 bits per heavy atom. The molecule has 100 valence electrons. The smallest absolute Gasteiger partial charge is 0.0992 e.